The van der Waals surface area contributed by atoms with Crippen molar-refractivity contribution in [2.45, 2.75) is 0 Å². The summed E-state index contributed by atoms with van der Waals surface area (Å²) in [6, 6.07) is 24.5. The lowest BCUT2D eigenvalue weighted by Crippen LogP contribution is -2.26. The smallest absolute Gasteiger partial charge is 0.258 e. The Kier molecular flexibility index (Phi) is 5.29. The van der Waals surface area contributed by atoms with Gasteiger partial charge in [0.05, 0.1) is 11.6 Å². The molecule has 0 saturated heterocycles. The SMILES string of the molecule is CN(C(=O)c1cccc(C(=O)Nc2cccc(C#N)c2)c1)c1ccccc1. The van der Waals surface area contributed by atoms with Gasteiger partial charge in [0.1, 0.15) is 0 Å². The summed E-state index contributed by atoms with van der Waals surface area (Å²) in [6.07, 6.45) is 0. The van der Waals surface area contributed by atoms with Gasteiger partial charge in [0.15, 0.2) is 0 Å². The number of nitriles is 1. The molecule has 0 spiro atoms. The summed E-state index contributed by atoms with van der Waals surface area (Å²) >= 11 is 0. The van der Waals surface area contributed by atoms with E-state index in [-0.39, 0.29) is 11.8 Å². The molecule has 0 aliphatic rings. The molecule has 0 atom stereocenters. The predicted molar refractivity (Wildman–Crippen MR) is 105 cm³/mol. The van der Waals surface area contributed by atoms with Crippen LogP contribution in [0.3, 0.4) is 0 Å². The van der Waals surface area contributed by atoms with Gasteiger partial charge in [-0.15, -0.1) is 0 Å². The van der Waals surface area contributed by atoms with E-state index in [1.54, 1.807) is 55.6 Å². The average molecular weight is 355 g/mol. The van der Waals surface area contributed by atoms with Crippen molar-refractivity contribution in [1.29, 1.82) is 5.26 Å². The van der Waals surface area contributed by atoms with Crippen LogP contribution in [0.2, 0.25) is 0 Å². The molecule has 0 radical (unpaired) electrons. The molecule has 27 heavy (non-hydrogen) atoms. The first-order valence-corrected chi connectivity index (χ1v) is 8.33. The third-order valence-electron chi connectivity index (χ3n) is 4.07. The minimum atomic E-state index is -0.345. The summed E-state index contributed by atoms with van der Waals surface area (Å²) in [7, 11) is 1.69. The molecule has 0 unspecified atom stereocenters. The minimum Gasteiger partial charge on any atom is -0.322 e. The van der Waals surface area contributed by atoms with Gasteiger partial charge in [0, 0.05) is 29.5 Å². The molecular formula is C22H17N3O2. The Bertz CT molecular complexity index is 1020. The van der Waals surface area contributed by atoms with E-state index in [0.29, 0.717) is 22.4 Å². The van der Waals surface area contributed by atoms with Gasteiger partial charge < -0.3 is 10.2 Å². The zero-order chi connectivity index (χ0) is 19.2. The van der Waals surface area contributed by atoms with Gasteiger partial charge in [-0.25, -0.2) is 0 Å². The molecule has 0 fully saturated rings. The monoisotopic (exact) mass is 355 g/mol. The molecule has 0 aliphatic carbocycles. The number of carbonyl (C=O) groups is 2. The second kappa shape index (κ2) is 7.98. The molecule has 0 saturated carbocycles. The predicted octanol–water partition coefficient (Wildman–Crippen LogP) is 4.09. The largest absolute Gasteiger partial charge is 0.322 e. The van der Waals surface area contributed by atoms with Gasteiger partial charge in [-0.3, -0.25) is 9.59 Å². The summed E-state index contributed by atoms with van der Waals surface area (Å²) in [5.74, 6) is -0.551. The number of anilines is 2. The molecule has 3 aromatic rings. The van der Waals surface area contributed by atoms with Crippen LogP contribution in [-0.4, -0.2) is 18.9 Å². The highest BCUT2D eigenvalue weighted by atomic mass is 16.2. The summed E-state index contributed by atoms with van der Waals surface area (Å²) < 4.78 is 0. The fourth-order valence-corrected chi connectivity index (χ4v) is 2.63. The topological polar surface area (TPSA) is 73.2 Å². The second-order valence-electron chi connectivity index (χ2n) is 5.93. The molecule has 2 amide bonds. The van der Waals surface area contributed by atoms with Gasteiger partial charge in [-0.1, -0.05) is 30.3 Å². The maximum Gasteiger partial charge on any atom is 0.258 e. The van der Waals surface area contributed by atoms with E-state index in [4.69, 9.17) is 5.26 Å². The Hall–Kier alpha value is -3.91. The molecule has 5 heteroatoms. The van der Waals surface area contributed by atoms with E-state index in [0.717, 1.165) is 5.69 Å². The molecule has 0 heterocycles. The zero-order valence-electron chi connectivity index (χ0n) is 14.7. The summed E-state index contributed by atoms with van der Waals surface area (Å²) in [5, 5.41) is 11.7. The van der Waals surface area contributed by atoms with Crippen LogP contribution < -0.4 is 10.2 Å². The first kappa shape index (κ1) is 17.9. The third-order valence-corrected chi connectivity index (χ3v) is 4.07. The highest BCUT2D eigenvalue weighted by molar-refractivity contribution is 6.09. The van der Waals surface area contributed by atoms with E-state index in [2.05, 4.69) is 5.32 Å². The fraction of sp³-hybridized carbons (Fsp3) is 0.0455. The first-order valence-electron chi connectivity index (χ1n) is 8.33. The van der Waals surface area contributed by atoms with E-state index < -0.39 is 0 Å². The van der Waals surface area contributed by atoms with Crippen LogP contribution >= 0.6 is 0 Å². The van der Waals surface area contributed by atoms with Crippen molar-refractivity contribution in [3.63, 3.8) is 0 Å². The standard InChI is InChI=1S/C22H17N3O2/c1-25(20-11-3-2-4-12-20)22(27)18-9-6-8-17(14-18)21(26)24-19-10-5-7-16(13-19)15-23/h2-14H,1H3,(H,24,26). The van der Waals surface area contributed by atoms with Gasteiger partial charge in [0.2, 0.25) is 0 Å². The average Bonchev–Trinajstić information content (AvgIpc) is 2.73. The van der Waals surface area contributed by atoms with Gasteiger partial charge in [-0.05, 0) is 48.5 Å². The van der Waals surface area contributed by atoms with Crippen molar-refractivity contribution in [2.24, 2.45) is 0 Å². The van der Waals surface area contributed by atoms with E-state index in [9.17, 15) is 9.59 Å². The summed E-state index contributed by atoms with van der Waals surface area (Å²) in [5.41, 5.74) is 2.54. The Morgan fingerprint density at radius 3 is 2.33 bits per heavy atom. The first-order chi connectivity index (χ1) is 13.1. The van der Waals surface area contributed by atoms with Gasteiger partial charge in [0.25, 0.3) is 11.8 Å². The lowest BCUT2D eigenvalue weighted by Gasteiger charge is -2.17. The molecule has 0 aromatic heterocycles. The van der Waals surface area contributed by atoms with E-state index in [1.165, 1.54) is 4.90 Å². The Labute approximate surface area is 157 Å². The molecule has 5 nitrogen and oxygen atoms in total. The number of hydrogen-bond donors (Lipinski definition) is 1. The van der Waals surface area contributed by atoms with Crippen molar-refractivity contribution in [1.82, 2.24) is 0 Å². The number of rotatable bonds is 4. The summed E-state index contributed by atoms with van der Waals surface area (Å²) in [6.45, 7) is 0. The normalized spacial score (nSPS) is 9.93. The Morgan fingerprint density at radius 2 is 1.59 bits per heavy atom. The number of carbonyl (C=O) groups excluding carboxylic acids is 2. The molecule has 3 rings (SSSR count). The number of benzene rings is 3. The zero-order valence-corrected chi connectivity index (χ0v) is 14.7. The molecule has 1 N–H and O–H groups in total. The van der Waals surface area contributed by atoms with Crippen molar-refractivity contribution >= 4 is 23.2 Å². The van der Waals surface area contributed by atoms with Crippen LogP contribution in [0.4, 0.5) is 11.4 Å². The quantitative estimate of drug-likeness (QED) is 0.766. The van der Waals surface area contributed by atoms with Crippen LogP contribution in [0.1, 0.15) is 26.3 Å². The Balaban J connectivity index is 1.79. The van der Waals surface area contributed by atoms with Gasteiger partial charge >= 0.3 is 0 Å². The van der Waals surface area contributed by atoms with Crippen molar-refractivity contribution < 1.29 is 9.59 Å². The van der Waals surface area contributed by atoms with Crippen LogP contribution in [0.5, 0.6) is 0 Å². The lowest BCUT2D eigenvalue weighted by atomic mass is 10.1. The fourth-order valence-electron chi connectivity index (χ4n) is 2.63. The third kappa shape index (κ3) is 4.20. The van der Waals surface area contributed by atoms with E-state index >= 15 is 0 Å². The van der Waals surface area contributed by atoms with Crippen molar-refractivity contribution in [2.75, 3.05) is 17.3 Å². The van der Waals surface area contributed by atoms with Gasteiger partial charge in [-0.2, -0.15) is 5.26 Å². The second-order valence-corrected chi connectivity index (χ2v) is 5.93. The number of nitrogens with zero attached hydrogens (tertiary/aromatic N) is 2. The minimum absolute atomic E-state index is 0.206. The molecule has 0 aliphatic heterocycles. The number of hydrogen-bond acceptors (Lipinski definition) is 3. The van der Waals surface area contributed by atoms with Crippen LogP contribution in [0.25, 0.3) is 0 Å². The maximum atomic E-state index is 12.7. The molecule has 3 aromatic carbocycles. The van der Waals surface area contributed by atoms with Crippen molar-refractivity contribution in [3.05, 3.63) is 95.6 Å². The van der Waals surface area contributed by atoms with Crippen LogP contribution in [0.15, 0.2) is 78.9 Å². The number of amides is 2. The van der Waals surface area contributed by atoms with Crippen LogP contribution in [-0.2, 0) is 0 Å². The lowest BCUT2D eigenvalue weighted by molar-refractivity contribution is 0.0993. The highest BCUT2D eigenvalue weighted by Crippen LogP contribution is 2.17. The summed E-state index contributed by atoms with van der Waals surface area (Å²) in [4.78, 5) is 26.8. The highest BCUT2D eigenvalue weighted by Gasteiger charge is 2.15. The molecule has 132 valence electrons. The van der Waals surface area contributed by atoms with Crippen molar-refractivity contribution in [3.8, 4) is 6.07 Å². The Morgan fingerprint density at radius 1 is 0.889 bits per heavy atom. The number of para-hydroxylation sites is 1. The van der Waals surface area contributed by atoms with E-state index in [1.807, 2.05) is 36.4 Å². The van der Waals surface area contributed by atoms with Crippen LogP contribution in [0, 0.1) is 11.3 Å². The molecular weight excluding hydrogens is 338 g/mol. The number of nitrogens with one attached hydrogen (secondary N) is 1. The molecule has 0 bridgehead atoms. The maximum absolute atomic E-state index is 12.7.